The summed E-state index contributed by atoms with van der Waals surface area (Å²) in [5.74, 6) is 0. The predicted molar refractivity (Wildman–Crippen MR) is 218 cm³/mol. The fourth-order valence-corrected chi connectivity index (χ4v) is 8.39. The van der Waals surface area contributed by atoms with Crippen LogP contribution in [0.2, 0.25) is 0 Å². The third-order valence-corrected chi connectivity index (χ3v) is 10.7. The van der Waals surface area contributed by atoms with Gasteiger partial charge in [0.1, 0.15) is 22.3 Å². The molecule has 0 fully saturated rings. The first-order chi connectivity index (χ1) is 25.8. The third-order valence-electron chi connectivity index (χ3n) is 10.7. The number of benzene rings is 9. The third kappa shape index (κ3) is 4.31. The maximum absolute atomic E-state index is 6.49. The normalized spacial score (nSPS) is 11.8. The van der Waals surface area contributed by atoms with E-state index in [1.54, 1.807) is 0 Å². The summed E-state index contributed by atoms with van der Waals surface area (Å²) in [7, 11) is 0. The molecule has 11 aromatic rings. The number of para-hydroxylation sites is 2. The van der Waals surface area contributed by atoms with Gasteiger partial charge in [-0.25, -0.2) is 0 Å². The summed E-state index contributed by atoms with van der Waals surface area (Å²) in [6.45, 7) is 0. The molecule has 2 heterocycles. The zero-order valence-corrected chi connectivity index (χ0v) is 28.1. The van der Waals surface area contributed by atoms with Gasteiger partial charge >= 0.3 is 0 Å². The topological polar surface area (TPSA) is 26.3 Å². The summed E-state index contributed by atoms with van der Waals surface area (Å²) in [6.07, 6.45) is 0. The van der Waals surface area contributed by atoms with Gasteiger partial charge in [0, 0.05) is 21.5 Å². The molecule has 2 heteroatoms. The molecule has 0 N–H and O–H groups in total. The SMILES string of the molecule is c1ccc(-c2ccc3c(-c4cccc5oc6ccccc6c45)c4ccc(-c5ccccc5)cc4c(-c4cccc5oc6ccccc6c45)c3c2)cc1. The first-order valence-electron chi connectivity index (χ1n) is 17.8. The average Bonchev–Trinajstić information content (AvgIpc) is 3.79. The van der Waals surface area contributed by atoms with E-state index in [-0.39, 0.29) is 0 Å². The second kappa shape index (κ2) is 11.3. The van der Waals surface area contributed by atoms with Crippen LogP contribution in [0.4, 0.5) is 0 Å². The van der Waals surface area contributed by atoms with E-state index in [9.17, 15) is 0 Å². The quantitative estimate of drug-likeness (QED) is 0.175. The number of hydrogen-bond donors (Lipinski definition) is 0. The van der Waals surface area contributed by atoms with Gasteiger partial charge in [0.05, 0.1) is 0 Å². The van der Waals surface area contributed by atoms with Crippen molar-refractivity contribution in [3.63, 3.8) is 0 Å². The summed E-state index contributed by atoms with van der Waals surface area (Å²) in [5, 5.41) is 9.27. The van der Waals surface area contributed by atoms with Gasteiger partial charge in [-0.15, -0.1) is 0 Å². The van der Waals surface area contributed by atoms with E-state index >= 15 is 0 Å². The zero-order valence-electron chi connectivity index (χ0n) is 28.1. The summed E-state index contributed by atoms with van der Waals surface area (Å²) in [5.41, 5.74) is 13.0. The Morgan fingerprint density at radius 1 is 0.250 bits per heavy atom. The molecule has 2 nitrogen and oxygen atoms in total. The Morgan fingerprint density at radius 3 is 1.13 bits per heavy atom. The molecular formula is C50H30O2. The minimum atomic E-state index is 0.886. The molecule has 0 aliphatic carbocycles. The molecule has 0 aliphatic heterocycles. The Labute approximate surface area is 299 Å². The maximum Gasteiger partial charge on any atom is 0.136 e. The van der Waals surface area contributed by atoms with E-state index in [2.05, 4.69) is 170 Å². The zero-order chi connectivity index (χ0) is 34.2. The Balaban J connectivity index is 1.36. The van der Waals surface area contributed by atoms with E-state index in [4.69, 9.17) is 8.83 Å². The second-order valence-corrected chi connectivity index (χ2v) is 13.6. The second-order valence-electron chi connectivity index (χ2n) is 13.6. The van der Waals surface area contributed by atoms with Gasteiger partial charge in [-0.3, -0.25) is 0 Å². The van der Waals surface area contributed by atoms with E-state index in [1.165, 1.54) is 54.9 Å². The fourth-order valence-electron chi connectivity index (χ4n) is 8.39. The van der Waals surface area contributed by atoms with Crippen LogP contribution in [0.25, 0.3) is 110 Å². The summed E-state index contributed by atoms with van der Waals surface area (Å²) in [6, 6.07) is 65.1. The van der Waals surface area contributed by atoms with Gasteiger partial charge in [0.15, 0.2) is 0 Å². The van der Waals surface area contributed by atoms with Crippen molar-refractivity contribution >= 4 is 65.4 Å². The van der Waals surface area contributed by atoms with E-state index < -0.39 is 0 Å². The van der Waals surface area contributed by atoms with Crippen LogP contribution < -0.4 is 0 Å². The Hall–Kier alpha value is -6.90. The molecule has 0 spiro atoms. The lowest BCUT2D eigenvalue weighted by Gasteiger charge is -2.20. The Bertz CT molecular complexity index is 3060. The van der Waals surface area contributed by atoms with Crippen LogP contribution in [0, 0.1) is 0 Å². The van der Waals surface area contributed by atoms with Crippen LogP contribution in [-0.2, 0) is 0 Å². The minimum Gasteiger partial charge on any atom is -0.456 e. The fraction of sp³-hybridized carbons (Fsp3) is 0. The Morgan fingerprint density at radius 2 is 0.654 bits per heavy atom. The number of hydrogen-bond acceptors (Lipinski definition) is 2. The number of furan rings is 2. The first-order valence-corrected chi connectivity index (χ1v) is 17.8. The largest absolute Gasteiger partial charge is 0.456 e. The maximum atomic E-state index is 6.49. The van der Waals surface area contributed by atoms with Gasteiger partial charge in [-0.05, 0) is 102 Å². The number of fused-ring (bicyclic) bond motifs is 8. The molecule has 11 rings (SSSR count). The number of rotatable bonds is 4. The van der Waals surface area contributed by atoms with Crippen molar-refractivity contribution in [1.29, 1.82) is 0 Å². The van der Waals surface area contributed by atoms with E-state index in [1.807, 2.05) is 12.1 Å². The van der Waals surface area contributed by atoms with Crippen molar-refractivity contribution in [3.8, 4) is 44.5 Å². The highest BCUT2D eigenvalue weighted by atomic mass is 16.3. The molecule has 0 amide bonds. The van der Waals surface area contributed by atoms with Gasteiger partial charge in [0.2, 0.25) is 0 Å². The van der Waals surface area contributed by atoms with Crippen molar-refractivity contribution in [2.45, 2.75) is 0 Å². The van der Waals surface area contributed by atoms with Crippen molar-refractivity contribution < 1.29 is 8.83 Å². The van der Waals surface area contributed by atoms with Crippen molar-refractivity contribution in [3.05, 3.63) is 182 Å². The lowest BCUT2D eigenvalue weighted by Crippen LogP contribution is -1.93. The molecule has 0 saturated carbocycles. The van der Waals surface area contributed by atoms with Crippen LogP contribution in [0.15, 0.2) is 191 Å². The van der Waals surface area contributed by atoms with Gasteiger partial charge in [0.25, 0.3) is 0 Å². The lowest BCUT2D eigenvalue weighted by atomic mass is 9.82. The highest BCUT2D eigenvalue weighted by Gasteiger charge is 2.23. The van der Waals surface area contributed by atoms with Crippen LogP contribution in [0.3, 0.4) is 0 Å². The molecule has 0 saturated heterocycles. The van der Waals surface area contributed by atoms with Gasteiger partial charge in [-0.1, -0.05) is 146 Å². The molecule has 9 aromatic carbocycles. The van der Waals surface area contributed by atoms with Crippen LogP contribution in [0.5, 0.6) is 0 Å². The highest BCUT2D eigenvalue weighted by molar-refractivity contribution is 6.29. The molecule has 0 bridgehead atoms. The summed E-state index contributed by atoms with van der Waals surface area (Å²) in [4.78, 5) is 0. The molecular weight excluding hydrogens is 633 g/mol. The predicted octanol–water partition coefficient (Wildman–Crippen LogP) is 14.5. The van der Waals surface area contributed by atoms with Crippen LogP contribution in [-0.4, -0.2) is 0 Å². The Kier molecular flexibility index (Phi) is 6.28. The summed E-state index contributed by atoms with van der Waals surface area (Å²) >= 11 is 0. The van der Waals surface area contributed by atoms with Crippen molar-refractivity contribution in [2.75, 3.05) is 0 Å². The molecule has 0 aliphatic rings. The molecule has 0 atom stereocenters. The molecule has 2 aromatic heterocycles. The standard InChI is InChI=1S/C50H30O2/c1-3-13-31(14-4-1)33-25-27-35-41(29-33)48(40-20-12-24-46-50(40)38-18-8-10-22-44(38)52-46)42-30-34(32-15-5-2-6-16-32)26-28-36(42)47(35)39-19-11-23-45-49(39)37-17-7-9-21-43(37)51-45/h1-30H. The minimum absolute atomic E-state index is 0.886. The van der Waals surface area contributed by atoms with Gasteiger partial charge in [-0.2, -0.15) is 0 Å². The van der Waals surface area contributed by atoms with Gasteiger partial charge < -0.3 is 8.83 Å². The average molecular weight is 663 g/mol. The first kappa shape index (κ1) is 28.9. The molecule has 242 valence electrons. The molecule has 0 radical (unpaired) electrons. The van der Waals surface area contributed by atoms with Crippen molar-refractivity contribution in [1.82, 2.24) is 0 Å². The molecule has 0 unspecified atom stereocenters. The smallest absolute Gasteiger partial charge is 0.136 e. The van der Waals surface area contributed by atoms with Crippen molar-refractivity contribution in [2.24, 2.45) is 0 Å². The van der Waals surface area contributed by atoms with E-state index in [0.29, 0.717) is 0 Å². The monoisotopic (exact) mass is 662 g/mol. The summed E-state index contributed by atoms with van der Waals surface area (Å²) < 4.78 is 12.9. The van der Waals surface area contributed by atoms with Crippen LogP contribution >= 0.6 is 0 Å². The lowest BCUT2D eigenvalue weighted by molar-refractivity contribution is 0.668. The van der Waals surface area contributed by atoms with E-state index in [0.717, 1.165) is 55.0 Å². The van der Waals surface area contributed by atoms with Crippen LogP contribution in [0.1, 0.15) is 0 Å². The molecule has 52 heavy (non-hydrogen) atoms. The highest BCUT2D eigenvalue weighted by Crippen LogP contribution is 2.50.